The highest BCUT2D eigenvalue weighted by molar-refractivity contribution is 7.16. The van der Waals surface area contributed by atoms with Gasteiger partial charge in [-0.05, 0) is 25.5 Å². The smallest absolute Gasteiger partial charge is 0.276 e. The molecule has 2 aromatic heterocycles. The van der Waals surface area contributed by atoms with Gasteiger partial charge in [0.05, 0.1) is 5.56 Å². The topological polar surface area (TPSA) is 101 Å². The minimum Gasteiger partial charge on any atom is -0.366 e. The highest BCUT2D eigenvalue weighted by Crippen LogP contribution is 2.27. The summed E-state index contributed by atoms with van der Waals surface area (Å²) in [7, 11) is 0. The first-order valence-electron chi connectivity index (χ1n) is 5.77. The van der Waals surface area contributed by atoms with E-state index in [4.69, 9.17) is 5.73 Å². The zero-order valence-electron chi connectivity index (χ0n) is 10.6. The Morgan fingerprint density at radius 1 is 1.47 bits per heavy atom. The van der Waals surface area contributed by atoms with Crippen LogP contribution in [0.1, 0.15) is 38.3 Å². The minimum atomic E-state index is -0.559. The molecule has 19 heavy (non-hydrogen) atoms. The summed E-state index contributed by atoms with van der Waals surface area (Å²) in [6.07, 6.45) is 0.769. The Kier molecular flexibility index (Phi) is 3.66. The third-order valence-corrected chi connectivity index (χ3v) is 3.56. The summed E-state index contributed by atoms with van der Waals surface area (Å²) in [5, 5.41) is 9.80. The molecule has 0 radical (unpaired) electrons. The molecule has 7 heteroatoms. The molecule has 0 unspecified atom stereocenters. The van der Waals surface area contributed by atoms with Crippen LogP contribution >= 0.6 is 11.3 Å². The Morgan fingerprint density at radius 2 is 2.21 bits per heavy atom. The molecule has 0 atom stereocenters. The standard InChI is InChI=1S/C12H14N4O2S/c1-3-7-5-9(16-15-7)11(18)14-12-8(10(13)17)4-6(2)19-12/h4-5H,3H2,1-2H3,(H2,13,17)(H,14,18)(H,15,16). The molecular formula is C12H14N4O2S. The lowest BCUT2D eigenvalue weighted by molar-refractivity contribution is 0.100. The van der Waals surface area contributed by atoms with Gasteiger partial charge in [0.15, 0.2) is 5.69 Å². The van der Waals surface area contributed by atoms with Crippen LogP contribution in [0.2, 0.25) is 0 Å². The van der Waals surface area contributed by atoms with E-state index in [2.05, 4.69) is 15.5 Å². The van der Waals surface area contributed by atoms with E-state index in [1.54, 1.807) is 12.1 Å². The fourth-order valence-electron chi connectivity index (χ4n) is 1.62. The Morgan fingerprint density at radius 3 is 2.79 bits per heavy atom. The van der Waals surface area contributed by atoms with Gasteiger partial charge < -0.3 is 11.1 Å². The van der Waals surface area contributed by atoms with Crippen molar-refractivity contribution < 1.29 is 9.59 Å². The van der Waals surface area contributed by atoms with Crippen molar-refractivity contribution in [2.45, 2.75) is 20.3 Å². The second-order valence-corrected chi connectivity index (χ2v) is 5.31. The Bertz CT molecular complexity index is 629. The maximum atomic E-state index is 12.0. The molecule has 2 heterocycles. The number of thiophene rings is 1. The summed E-state index contributed by atoms with van der Waals surface area (Å²) < 4.78 is 0. The number of nitrogens with one attached hydrogen (secondary N) is 2. The molecule has 2 aromatic rings. The number of hydrogen-bond donors (Lipinski definition) is 3. The van der Waals surface area contributed by atoms with Gasteiger partial charge >= 0.3 is 0 Å². The Labute approximate surface area is 114 Å². The maximum absolute atomic E-state index is 12.0. The highest BCUT2D eigenvalue weighted by atomic mass is 32.1. The zero-order chi connectivity index (χ0) is 14.0. The average Bonchev–Trinajstić information content (AvgIpc) is 2.95. The number of H-pyrrole nitrogens is 1. The first-order chi connectivity index (χ1) is 9.01. The van der Waals surface area contributed by atoms with Crippen LogP contribution in [0.25, 0.3) is 0 Å². The largest absolute Gasteiger partial charge is 0.366 e. The first kappa shape index (κ1) is 13.3. The van der Waals surface area contributed by atoms with Gasteiger partial charge in [0.2, 0.25) is 0 Å². The van der Waals surface area contributed by atoms with E-state index in [0.29, 0.717) is 16.3 Å². The molecule has 4 N–H and O–H groups in total. The molecule has 0 aliphatic heterocycles. The molecular weight excluding hydrogens is 264 g/mol. The lowest BCUT2D eigenvalue weighted by Crippen LogP contribution is -2.16. The van der Waals surface area contributed by atoms with E-state index >= 15 is 0 Å². The molecule has 100 valence electrons. The summed E-state index contributed by atoms with van der Waals surface area (Å²) in [6.45, 7) is 3.81. The second-order valence-electron chi connectivity index (χ2n) is 4.05. The zero-order valence-corrected chi connectivity index (χ0v) is 11.4. The van der Waals surface area contributed by atoms with E-state index in [-0.39, 0.29) is 5.91 Å². The Hall–Kier alpha value is -2.15. The van der Waals surface area contributed by atoms with E-state index in [1.165, 1.54) is 11.3 Å². The van der Waals surface area contributed by atoms with Gasteiger partial charge in [-0.15, -0.1) is 11.3 Å². The van der Waals surface area contributed by atoms with Crippen LogP contribution < -0.4 is 11.1 Å². The predicted molar refractivity (Wildman–Crippen MR) is 73.5 cm³/mol. The summed E-state index contributed by atoms with van der Waals surface area (Å²) in [5.41, 5.74) is 6.75. The van der Waals surface area contributed by atoms with Crippen molar-refractivity contribution >= 4 is 28.2 Å². The number of hydrogen-bond acceptors (Lipinski definition) is 4. The van der Waals surface area contributed by atoms with Crippen LogP contribution in [0.3, 0.4) is 0 Å². The van der Waals surface area contributed by atoms with Crippen molar-refractivity contribution in [1.29, 1.82) is 0 Å². The molecule has 6 nitrogen and oxygen atoms in total. The number of aryl methyl sites for hydroxylation is 2. The van der Waals surface area contributed by atoms with Gasteiger partial charge in [-0.25, -0.2) is 0 Å². The van der Waals surface area contributed by atoms with Crippen molar-refractivity contribution in [3.8, 4) is 0 Å². The van der Waals surface area contributed by atoms with E-state index in [1.807, 2.05) is 13.8 Å². The number of carbonyl (C=O) groups excluding carboxylic acids is 2. The number of aromatic amines is 1. The number of nitrogens with two attached hydrogens (primary N) is 1. The molecule has 0 fully saturated rings. The lowest BCUT2D eigenvalue weighted by Gasteiger charge is -2.01. The van der Waals surface area contributed by atoms with Crippen molar-refractivity contribution in [3.63, 3.8) is 0 Å². The van der Waals surface area contributed by atoms with Crippen molar-refractivity contribution in [2.24, 2.45) is 5.73 Å². The molecule has 0 saturated carbocycles. The van der Waals surface area contributed by atoms with Gasteiger partial charge in [-0.1, -0.05) is 6.92 Å². The fourth-order valence-corrected chi connectivity index (χ4v) is 2.53. The first-order valence-corrected chi connectivity index (χ1v) is 6.58. The average molecular weight is 278 g/mol. The van der Waals surface area contributed by atoms with Crippen molar-refractivity contribution in [3.05, 3.63) is 34.0 Å². The number of aromatic nitrogens is 2. The van der Waals surface area contributed by atoms with Gasteiger partial charge in [0.1, 0.15) is 5.00 Å². The van der Waals surface area contributed by atoms with Crippen LogP contribution in [0.15, 0.2) is 12.1 Å². The van der Waals surface area contributed by atoms with E-state index in [0.717, 1.165) is 17.0 Å². The monoisotopic (exact) mass is 278 g/mol. The molecule has 0 spiro atoms. The molecule has 0 aliphatic carbocycles. The number of rotatable bonds is 4. The summed E-state index contributed by atoms with van der Waals surface area (Å²) >= 11 is 1.31. The van der Waals surface area contributed by atoms with Crippen LogP contribution in [0.5, 0.6) is 0 Å². The van der Waals surface area contributed by atoms with Gasteiger partial charge in [0, 0.05) is 10.6 Å². The number of anilines is 1. The second kappa shape index (κ2) is 5.23. The number of primary amides is 1. The minimum absolute atomic E-state index is 0.290. The highest BCUT2D eigenvalue weighted by Gasteiger charge is 2.17. The summed E-state index contributed by atoms with van der Waals surface area (Å²) in [5.74, 6) is -0.920. The van der Waals surface area contributed by atoms with Crippen molar-refractivity contribution in [2.75, 3.05) is 5.32 Å². The molecule has 0 aliphatic rings. The predicted octanol–water partition coefficient (Wildman–Crippen LogP) is 1.69. The number of nitrogens with zero attached hydrogens (tertiary/aromatic N) is 1. The summed E-state index contributed by atoms with van der Waals surface area (Å²) in [4.78, 5) is 24.2. The third-order valence-electron chi connectivity index (χ3n) is 2.59. The van der Waals surface area contributed by atoms with Crippen LogP contribution in [0.4, 0.5) is 5.00 Å². The van der Waals surface area contributed by atoms with Gasteiger partial charge in [-0.2, -0.15) is 5.10 Å². The molecule has 0 bridgehead atoms. The number of carbonyl (C=O) groups is 2. The third kappa shape index (κ3) is 2.82. The fraction of sp³-hybridized carbons (Fsp3) is 0.250. The lowest BCUT2D eigenvalue weighted by atomic mass is 10.2. The van der Waals surface area contributed by atoms with E-state index in [9.17, 15) is 9.59 Å². The van der Waals surface area contributed by atoms with Crippen molar-refractivity contribution in [1.82, 2.24) is 10.2 Å². The number of amides is 2. The van der Waals surface area contributed by atoms with Gasteiger partial charge in [-0.3, -0.25) is 14.7 Å². The molecule has 2 amide bonds. The quantitative estimate of drug-likeness (QED) is 0.793. The van der Waals surface area contributed by atoms with Crippen LogP contribution in [-0.2, 0) is 6.42 Å². The molecule has 2 rings (SSSR count). The SMILES string of the molecule is CCc1cc(C(=O)Nc2sc(C)cc2C(N)=O)n[nH]1. The summed E-state index contributed by atoms with van der Waals surface area (Å²) in [6, 6.07) is 3.34. The molecule has 0 aromatic carbocycles. The normalized spacial score (nSPS) is 10.4. The maximum Gasteiger partial charge on any atom is 0.276 e. The molecule has 0 saturated heterocycles. The Balaban J connectivity index is 2.21. The van der Waals surface area contributed by atoms with Crippen LogP contribution in [0, 0.1) is 6.92 Å². The van der Waals surface area contributed by atoms with Gasteiger partial charge in [0.25, 0.3) is 11.8 Å². The van der Waals surface area contributed by atoms with E-state index < -0.39 is 5.91 Å². The van der Waals surface area contributed by atoms with Crippen LogP contribution in [-0.4, -0.2) is 22.0 Å².